The number of thiophene rings is 1. The van der Waals surface area contributed by atoms with Gasteiger partial charge in [-0.25, -0.2) is 9.78 Å². The van der Waals surface area contributed by atoms with Gasteiger partial charge in [-0.1, -0.05) is 12.1 Å². The summed E-state index contributed by atoms with van der Waals surface area (Å²) in [5.74, 6) is -0.521. The SMILES string of the molecule is CCOC(=O)c1csc2ncn(Cc3cccc(C#N)c3)c(=O)c12. The Bertz CT molecular complexity index is 1010. The molecular weight excluding hydrogens is 326 g/mol. The van der Waals surface area contributed by atoms with E-state index in [4.69, 9.17) is 10.00 Å². The fourth-order valence-corrected chi connectivity index (χ4v) is 3.24. The van der Waals surface area contributed by atoms with Crippen LogP contribution in [-0.4, -0.2) is 22.1 Å². The van der Waals surface area contributed by atoms with E-state index in [2.05, 4.69) is 11.1 Å². The number of rotatable bonds is 4. The van der Waals surface area contributed by atoms with Crippen LogP contribution in [-0.2, 0) is 11.3 Å². The number of nitrogens with zero attached hydrogens (tertiary/aromatic N) is 3. The summed E-state index contributed by atoms with van der Waals surface area (Å²) in [6.45, 7) is 2.23. The molecule has 0 atom stereocenters. The fraction of sp³-hybridized carbons (Fsp3) is 0.176. The molecule has 0 aliphatic heterocycles. The van der Waals surface area contributed by atoms with E-state index >= 15 is 0 Å². The maximum atomic E-state index is 12.7. The van der Waals surface area contributed by atoms with Gasteiger partial charge in [0.25, 0.3) is 5.56 Å². The van der Waals surface area contributed by atoms with Crippen LogP contribution >= 0.6 is 11.3 Å². The van der Waals surface area contributed by atoms with Crippen LogP contribution < -0.4 is 5.56 Å². The highest BCUT2D eigenvalue weighted by atomic mass is 32.1. The van der Waals surface area contributed by atoms with E-state index < -0.39 is 5.97 Å². The number of ether oxygens (including phenoxy) is 1. The molecule has 0 aliphatic carbocycles. The highest BCUT2D eigenvalue weighted by Gasteiger charge is 2.18. The summed E-state index contributed by atoms with van der Waals surface area (Å²) in [4.78, 5) is 29.5. The largest absolute Gasteiger partial charge is 0.462 e. The number of benzene rings is 1. The molecule has 0 radical (unpaired) electrons. The Hall–Kier alpha value is -2.98. The molecule has 0 spiro atoms. The standard InChI is InChI=1S/C17H13N3O3S/c1-2-23-17(22)13-9-24-15-14(13)16(21)20(10-19-15)8-12-5-3-4-11(6-12)7-18/h3-6,9-10H,2,8H2,1H3. The zero-order chi connectivity index (χ0) is 17.1. The van der Waals surface area contributed by atoms with Gasteiger partial charge in [0, 0.05) is 5.38 Å². The molecule has 1 aromatic carbocycles. The summed E-state index contributed by atoms with van der Waals surface area (Å²) < 4.78 is 6.42. The maximum Gasteiger partial charge on any atom is 0.339 e. The fourth-order valence-electron chi connectivity index (χ4n) is 2.38. The second kappa shape index (κ2) is 6.64. The molecule has 0 amide bonds. The average molecular weight is 339 g/mol. The Morgan fingerprint density at radius 3 is 3.04 bits per heavy atom. The number of aromatic nitrogens is 2. The van der Waals surface area contributed by atoms with Gasteiger partial charge in [0.1, 0.15) is 4.83 Å². The van der Waals surface area contributed by atoms with Crippen LogP contribution in [0.1, 0.15) is 28.4 Å². The molecule has 0 fully saturated rings. The molecule has 0 saturated heterocycles. The lowest BCUT2D eigenvalue weighted by atomic mass is 10.1. The zero-order valence-corrected chi connectivity index (χ0v) is 13.7. The molecule has 0 bridgehead atoms. The number of carbonyl (C=O) groups excluding carboxylic acids is 1. The first-order chi connectivity index (χ1) is 11.6. The first-order valence-electron chi connectivity index (χ1n) is 7.27. The molecule has 2 aromatic heterocycles. The number of hydrogen-bond donors (Lipinski definition) is 0. The summed E-state index contributed by atoms with van der Waals surface area (Å²) in [6, 6.07) is 9.08. The molecule has 2 heterocycles. The molecule has 0 saturated carbocycles. The molecule has 6 nitrogen and oxygen atoms in total. The van der Waals surface area contributed by atoms with Gasteiger partial charge < -0.3 is 4.74 Å². The molecule has 7 heteroatoms. The lowest BCUT2D eigenvalue weighted by Crippen LogP contribution is -2.22. The third-order valence-corrected chi connectivity index (χ3v) is 4.35. The Morgan fingerprint density at radius 1 is 1.46 bits per heavy atom. The van der Waals surface area contributed by atoms with Crippen molar-refractivity contribution in [1.82, 2.24) is 9.55 Å². The second-order valence-electron chi connectivity index (χ2n) is 5.04. The van der Waals surface area contributed by atoms with Crippen molar-refractivity contribution in [3.63, 3.8) is 0 Å². The van der Waals surface area contributed by atoms with E-state index in [0.717, 1.165) is 5.56 Å². The average Bonchev–Trinajstić information content (AvgIpc) is 3.03. The lowest BCUT2D eigenvalue weighted by Gasteiger charge is -2.06. The van der Waals surface area contributed by atoms with Gasteiger partial charge in [-0.05, 0) is 24.6 Å². The quantitative estimate of drug-likeness (QED) is 0.682. The predicted octanol–water partition coefficient (Wildman–Crippen LogP) is 2.55. The highest BCUT2D eigenvalue weighted by molar-refractivity contribution is 7.17. The second-order valence-corrected chi connectivity index (χ2v) is 5.90. The molecule has 3 aromatic rings. The van der Waals surface area contributed by atoms with Crippen molar-refractivity contribution in [1.29, 1.82) is 5.26 Å². The zero-order valence-electron chi connectivity index (χ0n) is 12.9. The first-order valence-corrected chi connectivity index (χ1v) is 8.14. The first kappa shape index (κ1) is 15.9. The molecule has 120 valence electrons. The number of nitriles is 1. The number of esters is 1. The van der Waals surface area contributed by atoms with E-state index in [0.29, 0.717) is 10.4 Å². The summed E-state index contributed by atoms with van der Waals surface area (Å²) in [7, 11) is 0. The smallest absolute Gasteiger partial charge is 0.339 e. The number of hydrogen-bond acceptors (Lipinski definition) is 6. The van der Waals surface area contributed by atoms with Gasteiger partial charge in [-0.3, -0.25) is 9.36 Å². The molecular formula is C17H13N3O3S. The molecule has 24 heavy (non-hydrogen) atoms. The van der Waals surface area contributed by atoms with Gasteiger partial charge >= 0.3 is 5.97 Å². The van der Waals surface area contributed by atoms with Crippen LogP contribution in [0.25, 0.3) is 10.2 Å². The number of carbonyl (C=O) groups is 1. The lowest BCUT2D eigenvalue weighted by molar-refractivity contribution is 0.0529. The van der Waals surface area contributed by atoms with Crippen molar-refractivity contribution >= 4 is 27.5 Å². The van der Waals surface area contributed by atoms with Crippen LogP contribution in [0.5, 0.6) is 0 Å². The van der Waals surface area contributed by atoms with Crippen LogP contribution in [0.2, 0.25) is 0 Å². The number of fused-ring (bicyclic) bond motifs is 1. The van der Waals surface area contributed by atoms with Gasteiger partial charge in [-0.15, -0.1) is 11.3 Å². The van der Waals surface area contributed by atoms with Gasteiger partial charge in [0.2, 0.25) is 0 Å². The van der Waals surface area contributed by atoms with Crippen molar-refractivity contribution in [2.75, 3.05) is 6.61 Å². The molecule has 3 rings (SSSR count). The monoisotopic (exact) mass is 339 g/mol. The van der Waals surface area contributed by atoms with E-state index in [1.165, 1.54) is 22.2 Å². The van der Waals surface area contributed by atoms with Gasteiger partial charge in [0.15, 0.2) is 0 Å². The summed E-state index contributed by atoms with van der Waals surface area (Å²) in [5, 5.41) is 10.8. The van der Waals surface area contributed by atoms with Crippen LogP contribution in [0.15, 0.2) is 40.8 Å². The Balaban J connectivity index is 2.05. The molecule has 0 unspecified atom stereocenters. The summed E-state index contributed by atoms with van der Waals surface area (Å²) in [5.41, 5.74) is 1.28. The topological polar surface area (TPSA) is 85.0 Å². The van der Waals surface area contributed by atoms with Crippen molar-refractivity contribution in [3.8, 4) is 6.07 Å². The maximum absolute atomic E-state index is 12.7. The highest BCUT2D eigenvalue weighted by Crippen LogP contribution is 2.21. The Kier molecular flexibility index (Phi) is 4.40. The van der Waals surface area contributed by atoms with Crippen molar-refractivity contribution in [2.45, 2.75) is 13.5 Å². The van der Waals surface area contributed by atoms with Gasteiger partial charge in [0.05, 0.1) is 42.1 Å². The molecule has 0 aliphatic rings. The normalized spacial score (nSPS) is 10.5. The Labute approximate surface area is 141 Å². The van der Waals surface area contributed by atoms with Crippen LogP contribution in [0, 0.1) is 11.3 Å². The third kappa shape index (κ3) is 2.92. The van der Waals surface area contributed by atoms with Crippen LogP contribution in [0.4, 0.5) is 0 Å². The van der Waals surface area contributed by atoms with E-state index in [1.54, 1.807) is 30.5 Å². The predicted molar refractivity (Wildman–Crippen MR) is 90.1 cm³/mol. The third-order valence-electron chi connectivity index (χ3n) is 3.47. The van der Waals surface area contributed by atoms with Crippen molar-refractivity contribution in [3.05, 3.63) is 63.0 Å². The summed E-state index contributed by atoms with van der Waals surface area (Å²) >= 11 is 1.24. The van der Waals surface area contributed by atoms with Crippen molar-refractivity contribution < 1.29 is 9.53 Å². The van der Waals surface area contributed by atoms with E-state index in [9.17, 15) is 9.59 Å². The summed E-state index contributed by atoms with van der Waals surface area (Å²) in [6.07, 6.45) is 1.45. The van der Waals surface area contributed by atoms with E-state index in [-0.39, 0.29) is 29.7 Å². The minimum Gasteiger partial charge on any atom is -0.462 e. The molecule has 0 N–H and O–H groups in total. The Morgan fingerprint density at radius 2 is 2.29 bits per heavy atom. The van der Waals surface area contributed by atoms with E-state index in [1.807, 2.05) is 6.07 Å². The van der Waals surface area contributed by atoms with Gasteiger partial charge in [-0.2, -0.15) is 5.26 Å². The minimum atomic E-state index is -0.521. The minimum absolute atomic E-state index is 0.242. The van der Waals surface area contributed by atoms with Crippen LogP contribution in [0.3, 0.4) is 0 Å². The van der Waals surface area contributed by atoms with Crippen molar-refractivity contribution in [2.24, 2.45) is 0 Å².